The van der Waals surface area contributed by atoms with Crippen LogP contribution in [0.1, 0.15) is 38.3 Å². The second kappa shape index (κ2) is 6.53. The first kappa shape index (κ1) is 15.1. The number of para-hydroxylation sites is 1. The molecule has 2 aromatic rings. The van der Waals surface area contributed by atoms with Crippen molar-refractivity contribution >= 4 is 0 Å². The maximum absolute atomic E-state index is 12.6. The van der Waals surface area contributed by atoms with Gasteiger partial charge in [-0.05, 0) is 63.7 Å². The van der Waals surface area contributed by atoms with E-state index in [4.69, 9.17) is 0 Å². The van der Waals surface area contributed by atoms with Crippen LogP contribution in [0.4, 0.5) is 0 Å². The number of aromatic nitrogens is 2. The molecule has 1 aromatic carbocycles. The Bertz CT molecular complexity index is 678. The Hall–Kier alpha value is -1.81. The molecule has 1 aliphatic heterocycles. The minimum atomic E-state index is 0.0489. The highest BCUT2D eigenvalue weighted by atomic mass is 16.1. The van der Waals surface area contributed by atoms with Crippen LogP contribution in [-0.2, 0) is 6.42 Å². The van der Waals surface area contributed by atoms with Crippen molar-refractivity contribution in [1.29, 1.82) is 0 Å². The third-order valence-corrected chi connectivity index (χ3v) is 4.58. The van der Waals surface area contributed by atoms with Gasteiger partial charge in [0.2, 0.25) is 0 Å². The number of rotatable bonds is 4. The van der Waals surface area contributed by atoms with E-state index >= 15 is 0 Å². The number of hydrogen-bond donors (Lipinski definition) is 1. The first-order valence-corrected chi connectivity index (χ1v) is 8.25. The maximum atomic E-state index is 12.6. The fourth-order valence-electron chi connectivity index (χ4n) is 3.28. The van der Waals surface area contributed by atoms with Gasteiger partial charge >= 0.3 is 5.69 Å². The number of nitrogens with one attached hydrogen (secondary N) is 1. The van der Waals surface area contributed by atoms with Crippen LogP contribution in [0.2, 0.25) is 0 Å². The topological polar surface area (TPSA) is 39.0 Å². The van der Waals surface area contributed by atoms with E-state index in [1.807, 2.05) is 32.3 Å². The molecule has 0 atom stereocenters. The molecule has 1 N–H and O–H groups in total. The van der Waals surface area contributed by atoms with Crippen molar-refractivity contribution in [2.24, 2.45) is 5.92 Å². The van der Waals surface area contributed by atoms with Crippen LogP contribution in [0.15, 0.2) is 41.5 Å². The van der Waals surface area contributed by atoms with Gasteiger partial charge in [0.25, 0.3) is 0 Å². The summed E-state index contributed by atoms with van der Waals surface area (Å²) >= 11 is 0. The molecule has 1 aliphatic rings. The Morgan fingerprint density at radius 3 is 2.59 bits per heavy atom. The van der Waals surface area contributed by atoms with Gasteiger partial charge in [-0.2, -0.15) is 0 Å². The molecule has 22 heavy (non-hydrogen) atoms. The van der Waals surface area contributed by atoms with Crippen LogP contribution >= 0.6 is 0 Å². The van der Waals surface area contributed by atoms with E-state index in [1.54, 1.807) is 9.13 Å². The Morgan fingerprint density at radius 2 is 1.91 bits per heavy atom. The van der Waals surface area contributed by atoms with Gasteiger partial charge in [-0.25, -0.2) is 4.79 Å². The van der Waals surface area contributed by atoms with E-state index in [9.17, 15) is 4.79 Å². The maximum Gasteiger partial charge on any atom is 0.332 e. The van der Waals surface area contributed by atoms with E-state index in [0.717, 1.165) is 25.2 Å². The second-order valence-electron chi connectivity index (χ2n) is 6.48. The van der Waals surface area contributed by atoms with Crippen molar-refractivity contribution in [3.05, 3.63) is 52.7 Å². The summed E-state index contributed by atoms with van der Waals surface area (Å²) in [6.07, 6.45) is 7.27. The predicted molar refractivity (Wildman–Crippen MR) is 89.7 cm³/mol. The van der Waals surface area contributed by atoms with E-state index in [-0.39, 0.29) is 11.7 Å². The molecule has 1 aromatic heterocycles. The third kappa shape index (κ3) is 3.02. The molecular formula is C18H25N3O. The van der Waals surface area contributed by atoms with Crippen LogP contribution in [0.5, 0.6) is 0 Å². The minimum Gasteiger partial charge on any atom is -0.317 e. The largest absolute Gasteiger partial charge is 0.332 e. The molecule has 118 valence electrons. The highest BCUT2D eigenvalue weighted by Crippen LogP contribution is 2.22. The van der Waals surface area contributed by atoms with E-state index in [1.165, 1.54) is 18.4 Å². The lowest BCUT2D eigenvalue weighted by Crippen LogP contribution is -2.29. The highest BCUT2D eigenvalue weighted by Gasteiger charge is 2.17. The van der Waals surface area contributed by atoms with Gasteiger partial charge in [0, 0.05) is 18.4 Å². The molecule has 0 spiro atoms. The minimum absolute atomic E-state index is 0.0489. The number of piperidine rings is 1. The molecule has 0 saturated carbocycles. The van der Waals surface area contributed by atoms with Gasteiger partial charge < -0.3 is 5.32 Å². The smallest absolute Gasteiger partial charge is 0.317 e. The second-order valence-corrected chi connectivity index (χ2v) is 6.48. The Labute approximate surface area is 131 Å². The SMILES string of the molecule is CC(C)n1ccn(-c2ccccc2CC2CCNCC2)c1=O. The van der Waals surface area contributed by atoms with Crippen molar-refractivity contribution in [3.63, 3.8) is 0 Å². The summed E-state index contributed by atoms with van der Waals surface area (Å²) in [6.45, 7) is 6.28. The first-order valence-electron chi connectivity index (χ1n) is 8.25. The molecule has 0 aliphatic carbocycles. The molecule has 1 fully saturated rings. The molecule has 0 unspecified atom stereocenters. The van der Waals surface area contributed by atoms with Gasteiger partial charge in [-0.1, -0.05) is 18.2 Å². The molecule has 4 heteroatoms. The molecule has 3 rings (SSSR count). The zero-order chi connectivity index (χ0) is 15.5. The fraction of sp³-hybridized carbons (Fsp3) is 0.500. The summed E-state index contributed by atoms with van der Waals surface area (Å²) in [6, 6.07) is 8.49. The number of nitrogens with zero attached hydrogens (tertiary/aromatic N) is 2. The molecular weight excluding hydrogens is 274 g/mol. The average Bonchev–Trinajstić information content (AvgIpc) is 2.91. The van der Waals surface area contributed by atoms with Crippen LogP contribution in [0, 0.1) is 5.92 Å². The average molecular weight is 299 g/mol. The molecule has 1 saturated heterocycles. The summed E-state index contributed by atoms with van der Waals surface area (Å²) in [5.74, 6) is 0.713. The number of benzene rings is 1. The lowest BCUT2D eigenvalue weighted by atomic mass is 9.90. The highest BCUT2D eigenvalue weighted by molar-refractivity contribution is 5.41. The molecule has 0 amide bonds. The lowest BCUT2D eigenvalue weighted by Gasteiger charge is -2.23. The number of hydrogen-bond acceptors (Lipinski definition) is 2. The van der Waals surface area contributed by atoms with E-state index in [2.05, 4.69) is 23.5 Å². The van der Waals surface area contributed by atoms with Gasteiger partial charge in [-0.15, -0.1) is 0 Å². The molecule has 0 bridgehead atoms. The van der Waals surface area contributed by atoms with Crippen LogP contribution in [0.25, 0.3) is 5.69 Å². The van der Waals surface area contributed by atoms with Crippen molar-refractivity contribution in [2.75, 3.05) is 13.1 Å². The molecule has 2 heterocycles. The monoisotopic (exact) mass is 299 g/mol. The van der Waals surface area contributed by atoms with Crippen LogP contribution < -0.4 is 11.0 Å². The summed E-state index contributed by atoms with van der Waals surface area (Å²) in [7, 11) is 0. The lowest BCUT2D eigenvalue weighted by molar-refractivity contribution is 0.372. The zero-order valence-corrected chi connectivity index (χ0v) is 13.5. The van der Waals surface area contributed by atoms with E-state index in [0.29, 0.717) is 5.92 Å². The summed E-state index contributed by atoms with van der Waals surface area (Å²) in [4.78, 5) is 12.6. The number of imidazole rings is 1. The summed E-state index contributed by atoms with van der Waals surface area (Å²) < 4.78 is 3.57. The van der Waals surface area contributed by atoms with Crippen molar-refractivity contribution < 1.29 is 0 Å². The summed E-state index contributed by atoms with van der Waals surface area (Å²) in [5.41, 5.74) is 2.36. The fourth-order valence-corrected chi connectivity index (χ4v) is 3.28. The Balaban J connectivity index is 1.92. The van der Waals surface area contributed by atoms with Crippen molar-refractivity contribution in [1.82, 2.24) is 14.5 Å². The van der Waals surface area contributed by atoms with Crippen LogP contribution in [0.3, 0.4) is 0 Å². The Kier molecular flexibility index (Phi) is 4.48. The normalized spacial score (nSPS) is 16.3. The molecule has 4 nitrogen and oxygen atoms in total. The van der Waals surface area contributed by atoms with Gasteiger partial charge in [0.1, 0.15) is 0 Å². The first-order chi connectivity index (χ1) is 10.7. The standard InChI is InChI=1S/C18H25N3O/c1-14(2)20-11-12-21(18(20)22)17-6-4-3-5-16(17)13-15-7-9-19-10-8-15/h3-6,11-12,14-15,19H,7-10,13H2,1-2H3. The molecule has 0 radical (unpaired) electrons. The van der Waals surface area contributed by atoms with Crippen molar-refractivity contribution in [2.45, 2.75) is 39.2 Å². The van der Waals surface area contributed by atoms with Gasteiger partial charge in [-0.3, -0.25) is 9.13 Å². The van der Waals surface area contributed by atoms with Gasteiger partial charge in [0.05, 0.1) is 5.69 Å². The zero-order valence-electron chi connectivity index (χ0n) is 13.5. The Morgan fingerprint density at radius 1 is 1.18 bits per heavy atom. The van der Waals surface area contributed by atoms with Crippen LogP contribution in [-0.4, -0.2) is 22.2 Å². The van der Waals surface area contributed by atoms with E-state index < -0.39 is 0 Å². The van der Waals surface area contributed by atoms with Gasteiger partial charge in [0.15, 0.2) is 0 Å². The quantitative estimate of drug-likeness (QED) is 0.943. The predicted octanol–water partition coefficient (Wildman–Crippen LogP) is 2.76. The van der Waals surface area contributed by atoms with Crippen molar-refractivity contribution in [3.8, 4) is 5.69 Å². The summed E-state index contributed by atoms with van der Waals surface area (Å²) in [5, 5.41) is 3.41. The third-order valence-electron chi connectivity index (χ3n) is 4.58.